The molecule has 0 aromatic carbocycles. The van der Waals surface area contributed by atoms with Crippen LogP contribution in [0.3, 0.4) is 0 Å². The number of carboxylic acid groups (broad SMARTS) is 1. The van der Waals surface area contributed by atoms with Crippen LogP contribution in [0.2, 0.25) is 0 Å². The summed E-state index contributed by atoms with van der Waals surface area (Å²) in [5.74, 6) is -1.06. The Morgan fingerprint density at radius 3 is 2.67 bits per heavy atom. The van der Waals surface area contributed by atoms with E-state index < -0.39 is 5.97 Å². The number of carbonyl (C=O) groups excluding carboxylic acids is 1. The van der Waals surface area contributed by atoms with Gasteiger partial charge in [0.05, 0.1) is 6.54 Å². The average Bonchev–Trinajstić information content (AvgIpc) is 2.90. The van der Waals surface area contributed by atoms with Crippen LogP contribution in [0, 0.1) is 0 Å². The second kappa shape index (κ2) is 6.86. The largest absolute Gasteiger partial charge is 0.476 e. The van der Waals surface area contributed by atoms with Crippen molar-refractivity contribution in [3.8, 4) is 0 Å². The number of amides is 2. The molecule has 2 heterocycles. The van der Waals surface area contributed by atoms with E-state index in [9.17, 15) is 9.59 Å². The van der Waals surface area contributed by atoms with E-state index in [4.69, 9.17) is 5.11 Å². The number of nitrogens with one attached hydrogen (secondary N) is 2. The van der Waals surface area contributed by atoms with Gasteiger partial charge < -0.3 is 10.4 Å². The first kappa shape index (κ1) is 15.7. The number of hydrogen-bond acceptors (Lipinski definition) is 5. The summed E-state index contributed by atoms with van der Waals surface area (Å²) < 4.78 is 0. The van der Waals surface area contributed by atoms with Crippen molar-refractivity contribution in [2.45, 2.75) is 51.7 Å². The number of nitrogens with zero attached hydrogens (tertiary/aromatic N) is 2. The van der Waals surface area contributed by atoms with Gasteiger partial charge in [0, 0.05) is 17.5 Å². The highest BCUT2D eigenvalue weighted by Gasteiger charge is 2.26. The number of hydrogen-bond donors (Lipinski definition) is 3. The molecule has 1 saturated heterocycles. The number of piperidine rings is 1. The van der Waals surface area contributed by atoms with Gasteiger partial charge in [-0.2, -0.15) is 0 Å². The molecule has 7 nitrogen and oxygen atoms in total. The topological polar surface area (TPSA) is 94.6 Å². The smallest absolute Gasteiger partial charge is 0.355 e. The Morgan fingerprint density at radius 2 is 2.10 bits per heavy atom. The molecule has 1 aromatic heterocycles. The van der Waals surface area contributed by atoms with Crippen molar-refractivity contribution in [2.75, 3.05) is 0 Å². The summed E-state index contributed by atoms with van der Waals surface area (Å²) in [7, 11) is 0. The van der Waals surface area contributed by atoms with Crippen LogP contribution in [0.4, 0.5) is 4.79 Å². The molecule has 2 amide bonds. The molecule has 2 atom stereocenters. The van der Waals surface area contributed by atoms with Crippen LogP contribution in [0.5, 0.6) is 0 Å². The van der Waals surface area contributed by atoms with Gasteiger partial charge in [-0.25, -0.2) is 19.6 Å². The zero-order valence-corrected chi connectivity index (χ0v) is 12.9. The van der Waals surface area contributed by atoms with Crippen LogP contribution in [-0.4, -0.2) is 39.2 Å². The molecule has 1 fully saturated rings. The van der Waals surface area contributed by atoms with Crippen molar-refractivity contribution in [3.63, 3.8) is 0 Å². The Hall–Kier alpha value is -1.67. The molecule has 0 saturated carbocycles. The third-order valence-corrected chi connectivity index (χ3v) is 4.44. The predicted molar refractivity (Wildman–Crippen MR) is 79.1 cm³/mol. The fraction of sp³-hybridized carbons (Fsp3) is 0.615. The number of carboxylic acids is 1. The molecule has 116 valence electrons. The van der Waals surface area contributed by atoms with Gasteiger partial charge in [-0.1, -0.05) is 6.42 Å². The van der Waals surface area contributed by atoms with Gasteiger partial charge >= 0.3 is 12.0 Å². The van der Waals surface area contributed by atoms with Gasteiger partial charge in [0.1, 0.15) is 5.01 Å². The first-order chi connectivity index (χ1) is 9.97. The molecule has 0 spiro atoms. The zero-order chi connectivity index (χ0) is 15.4. The van der Waals surface area contributed by atoms with Gasteiger partial charge in [0.25, 0.3) is 0 Å². The lowest BCUT2D eigenvalue weighted by molar-refractivity contribution is 0.0594. The fourth-order valence-electron chi connectivity index (χ4n) is 2.44. The number of hydrazine groups is 1. The van der Waals surface area contributed by atoms with Crippen molar-refractivity contribution >= 4 is 23.3 Å². The molecule has 0 aliphatic carbocycles. The third-order valence-electron chi connectivity index (χ3n) is 3.60. The van der Waals surface area contributed by atoms with Gasteiger partial charge in [-0.05, 0) is 26.7 Å². The van der Waals surface area contributed by atoms with E-state index in [0.29, 0.717) is 17.1 Å². The molecular weight excluding hydrogens is 292 g/mol. The minimum Gasteiger partial charge on any atom is -0.476 e. The standard InChI is InChI=1S/C13H20N4O3S/c1-8-4-3-5-9(2)17(8)16-13(20)14-6-11-15-10(7-21-11)12(18)19/h7-9H,3-6H2,1-2H3,(H,18,19)(H2,14,16,20). The van der Waals surface area contributed by atoms with E-state index in [2.05, 4.69) is 29.6 Å². The lowest BCUT2D eigenvalue weighted by Crippen LogP contribution is -2.56. The summed E-state index contributed by atoms with van der Waals surface area (Å²) in [6.07, 6.45) is 3.32. The van der Waals surface area contributed by atoms with Crippen molar-refractivity contribution < 1.29 is 14.7 Å². The first-order valence-corrected chi connectivity index (χ1v) is 7.86. The molecule has 8 heteroatoms. The summed E-state index contributed by atoms with van der Waals surface area (Å²) in [6, 6.07) is 0.346. The predicted octanol–water partition coefficient (Wildman–Crippen LogP) is 1.82. The Kier molecular flexibility index (Phi) is 5.13. The first-order valence-electron chi connectivity index (χ1n) is 6.98. The minimum absolute atomic E-state index is 0.00971. The van der Waals surface area contributed by atoms with Crippen LogP contribution in [0.25, 0.3) is 0 Å². The van der Waals surface area contributed by atoms with Crippen molar-refractivity contribution in [3.05, 3.63) is 16.1 Å². The summed E-state index contributed by atoms with van der Waals surface area (Å²) in [6.45, 7) is 4.41. The highest BCUT2D eigenvalue weighted by Crippen LogP contribution is 2.20. The molecule has 3 N–H and O–H groups in total. The summed E-state index contributed by atoms with van der Waals surface area (Å²) in [4.78, 5) is 26.6. The molecule has 0 bridgehead atoms. The Bertz CT molecular complexity index is 509. The molecule has 2 rings (SSSR count). The number of urea groups is 1. The molecule has 21 heavy (non-hydrogen) atoms. The van der Waals surface area contributed by atoms with Crippen molar-refractivity contribution in [1.29, 1.82) is 0 Å². The summed E-state index contributed by atoms with van der Waals surface area (Å²) in [5, 5.41) is 15.5. The lowest BCUT2D eigenvalue weighted by atomic mass is 10.00. The monoisotopic (exact) mass is 312 g/mol. The van der Waals surface area contributed by atoms with E-state index in [1.165, 1.54) is 23.1 Å². The number of aromatic nitrogens is 1. The van der Waals surface area contributed by atoms with E-state index in [1.807, 2.05) is 5.01 Å². The fourth-order valence-corrected chi connectivity index (χ4v) is 3.15. The number of aromatic carboxylic acids is 1. The minimum atomic E-state index is -1.06. The van der Waals surface area contributed by atoms with Gasteiger partial charge in [-0.15, -0.1) is 11.3 Å². The second-order valence-electron chi connectivity index (χ2n) is 5.26. The van der Waals surface area contributed by atoms with E-state index >= 15 is 0 Å². The Morgan fingerprint density at radius 1 is 1.43 bits per heavy atom. The van der Waals surface area contributed by atoms with Crippen molar-refractivity contribution in [2.24, 2.45) is 0 Å². The quantitative estimate of drug-likeness (QED) is 0.788. The van der Waals surface area contributed by atoms with Gasteiger partial charge in [-0.3, -0.25) is 5.43 Å². The SMILES string of the molecule is CC1CCCC(C)N1NC(=O)NCc1nc(C(=O)O)cs1. The molecule has 1 aromatic rings. The zero-order valence-electron chi connectivity index (χ0n) is 12.1. The summed E-state index contributed by atoms with van der Waals surface area (Å²) >= 11 is 1.22. The van der Waals surface area contributed by atoms with Crippen LogP contribution in [-0.2, 0) is 6.54 Å². The lowest BCUT2D eigenvalue weighted by Gasteiger charge is -2.38. The van der Waals surface area contributed by atoms with Crippen molar-refractivity contribution in [1.82, 2.24) is 20.7 Å². The molecule has 1 aliphatic heterocycles. The average molecular weight is 312 g/mol. The maximum absolute atomic E-state index is 11.9. The van der Waals surface area contributed by atoms with Crippen LogP contribution in [0.15, 0.2) is 5.38 Å². The molecular formula is C13H20N4O3S. The number of rotatable bonds is 4. The van der Waals surface area contributed by atoms with E-state index in [-0.39, 0.29) is 18.3 Å². The Balaban J connectivity index is 1.82. The van der Waals surface area contributed by atoms with Gasteiger partial charge in [0.2, 0.25) is 0 Å². The second-order valence-corrected chi connectivity index (χ2v) is 6.20. The highest BCUT2D eigenvalue weighted by atomic mass is 32.1. The number of carbonyl (C=O) groups is 2. The normalized spacial score (nSPS) is 22.8. The summed E-state index contributed by atoms with van der Waals surface area (Å²) in [5.41, 5.74) is 2.87. The molecule has 2 unspecified atom stereocenters. The van der Waals surface area contributed by atoms with Crippen LogP contribution >= 0.6 is 11.3 Å². The van der Waals surface area contributed by atoms with E-state index in [1.54, 1.807) is 0 Å². The van der Waals surface area contributed by atoms with E-state index in [0.717, 1.165) is 12.8 Å². The van der Waals surface area contributed by atoms with Crippen LogP contribution in [0.1, 0.15) is 48.6 Å². The van der Waals surface area contributed by atoms with Gasteiger partial charge in [0.15, 0.2) is 5.69 Å². The van der Waals surface area contributed by atoms with Crippen LogP contribution < -0.4 is 10.7 Å². The maximum Gasteiger partial charge on any atom is 0.355 e. The highest BCUT2D eigenvalue weighted by molar-refractivity contribution is 7.09. The Labute approximate surface area is 127 Å². The third kappa shape index (κ3) is 4.15. The number of thiazole rings is 1. The molecule has 1 aliphatic rings. The molecule has 0 radical (unpaired) electrons. The maximum atomic E-state index is 11.9.